The van der Waals surface area contributed by atoms with Crippen LogP contribution >= 0.6 is 0 Å². The summed E-state index contributed by atoms with van der Waals surface area (Å²) in [5, 5.41) is 33.0. The summed E-state index contributed by atoms with van der Waals surface area (Å²) in [6.45, 7) is 12.2. The molecule has 1 unspecified atom stereocenters. The number of unbranched alkanes of at least 4 members (excludes halogenated alkanes) is 2. The predicted molar refractivity (Wildman–Crippen MR) is 193 cm³/mol. The molecule has 0 aromatic rings. The summed E-state index contributed by atoms with van der Waals surface area (Å²) in [5.74, 6) is -4.09. The van der Waals surface area contributed by atoms with Crippen molar-refractivity contribution in [3.05, 3.63) is 12.2 Å². The Morgan fingerprint density at radius 2 is 1.27 bits per heavy atom. The topological polar surface area (TPSA) is 272 Å². The van der Waals surface area contributed by atoms with Crippen molar-refractivity contribution in [2.75, 3.05) is 7.05 Å². The monoisotopic (exact) mass is 725 g/mol. The molecule has 0 aromatic heterocycles. The van der Waals surface area contributed by atoms with Crippen LogP contribution in [0.4, 0.5) is 0 Å². The lowest BCUT2D eigenvalue weighted by Gasteiger charge is -2.32. The molecule has 51 heavy (non-hydrogen) atoms. The summed E-state index contributed by atoms with van der Waals surface area (Å²) in [6, 6.07) is -4.52. The summed E-state index contributed by atoms with van der Waals surface area (Å²) in [5.41, 5.74) is 8.65. The molecule has 292 valence electrons. The number of aliphatic hydroxyl groups is 2. The van der Waals surface area contributed by atoms with Gasteiger partial charge in [0.05, 0.1) is 23.3 Å². The maximum absolute atomic E-state index is 13.3. The van der Waals surface area contributed by atoms with Gasteiger partial charge in [0.1, 0.15) is 24.2 Å². The van der Waals surface area contributed by atoms with E-state index in [1.807, 2.05) is 12.2 Å². The summed E-state index contributed by atoms with van der Waals surface area (Å²) >= 11 is 0. The molecule has 0 rings (SSSR count). The van der Waals surface area contributed by atoms with E-state index in [0.29, 0.717) is 32.1 Å². The highest BCUT2D eigenvalue weighted by Crippen LogP contribution is 2.19. The number of rotatable bonds is 25. The lowest BCUT2D eigenvalue weighted by Crippen LogP contribution is -2.61. The van der Waals surface area contributed by atoms with Crippen molar-refractivity contribution in [1.29, 1.82) is 0 Å². The second kappa shape index (κ2) is 22.3. The lowest BCUT2D eigenvalue weighted by atomic mass is 9.89. The molecule has 5 amide bonds. The van der Waals surface area contributed by atoms with Crippen LogP contribution in [0.2, 0.25) is 0 Å². The summed E-state index contributed by atoms with van der Waals surface area (Å²) in [4.78, 5) is 87.7. The zero-order valence-corrected chi connectivity index (χ0v) is 31.8. The van der Waals surface area contributed by atoms with Gasteiger partial charge in [-0.3, -0.25) is 33.6 Å². The minimum Gasteiger partial charge on any atom is -0.391 e. The maximum Gasteiger partial charge on any atom is 0.243 e. The molecule has 0 bridgehead atoms. The number of nitrogens with two attached hydrogens (primary N) is 2. The van der Waals surface area contributed by atoms with Crippen LogP contribution in [0.15, 0.2) is 12.2 Å². The number of allylic oxidation sites excluding steroid dienone is 2. The number of hydrogen-bond donors (Lipinski definition) is 9. The Morgan fingerprint density at radius 1 is 0.745 bits per heavy atom. The molecule has 16 heteroatoms. The number of aliphatic hydroxyl groups excluding tert-OH is 2. The van der Waals surface area contributed by atoms with Crippen LogP contribution in [0.5, 0.6) is 0 Å². The van der Waals surface area contributed by atoms with Crippen molar-refractivity contribution in [2.45, 2.75) is 154 Å². The van der Waals surface area contributed by atoms with E-state index in [2.05, 4.69) is 26.6 Å². The van der Waals surface area contributed by atoms with Crippen LogP contribution in [-0.2, 0) is 33.6 Å². The molecular formula is C35H63N7O9. The van der Waals surface area contributed by atoms with Gasteiger partial charge in [-0.1, -0.05) is 26.0 Å². The smallest absolute Gasteiger partial charge is 0.243 e. The van der Waals surface area contributed by atoms with Gasteiger partial charge >= 0.3 is 0 Å². The number of hydrogen-bond acceptors (Lipinski definition) is 11. The number of amides is 5. The molecular weight excluding hydrogens is 662 g/mol. The average molecular weight is 726 g/mol. The number of likely N-dealkylation sites (N-methyl/N-ethyl adjacent to an activating group) is 1. The van der Waals surface area contributed by atoms with Crippen molar-refractivity contribution in [2.24, 2.45) is 17.4 Å². The van der Waals surface area contributed by atoms with Crippen LogP contribution in [0, 0.1) is 5.92 Å². The van der Waals surface area contributed by atoms with Crippen LogP contribution in [-0.4, -0.2) is 106 Å². The third kappa shape index (κ3) is 16.4. The van der Waals surface area contributed by atoms with Gasteiger partial charge in [0, 0.05) is 6.42 Å². The van der Waals surface area contributed by atoms with Crippen LogP contribution in [0.3, 0.4) is 0 Å². The molecule has 0 aliphatic carbocycles. The predicted octanol–water partition coefficient (Wildman–Crippen LogP) is -0.621. The SMILES string of the molecule is CNC(C)(CCC/C=C/CCC[C@](C)(NC(=O)[C@H](CCC(N)=O)NC(=O)[C@H](N)[C@@H](C)O)C(C)=O)C(=O)N[C@H](C(=O)N[C@H](C(C)=O)[C@@H](C)O)C(C)C. The molecule has 0 fully saturated rings. The Bertz CT molecular complexity index is 1240. The molecule has 0 saturated heterocycles. The van der Waals surface area contributed by atoms with Gasteiger partial charge in [0.2, 0.25) is 29.5 Å². The standard InChI is InChI=1S/C35H63N7O9/c1-20(2)28(32(50)40-29(22(4)44)23(5)45)41-33(51)35(8,38-9)19-15-13-11-10-12-14-18-34(7,24(6)46)42-30(48)25(16-17-26(36)47)39-31(49)27(37)21(3)43/h10-11,20-22,25,27-29,38,43-44H,12-19,37H2,1-9H3,(H2,36,47)(H,39,49)(H,40,50)(H,41,51)(H,42,48)/b11-10+/t21-,22-,25+,27-,28+,29+,34+,35?/m1/s1. The number of carbonyl (C=O) groups is 7. The lowest BCUT2D eigenvalue weighted by molar-refractivity contribution is -0.135. The second-order valence-electron chi connectivity index (χ2n) is 14.1. The van der Waals surface area contributed by atoms with Gasteiger partial charge in [-0.15, -0.1) is 0 Å². The number of ketones is 2. The molecule has 0 aliphatic heterocycles. The minimum atomic E-state index is -1.30. The van der Waals surface area contributed by atoms with E-state index < -0.39 is 76.9 Å². The van der Waals surface area contributed by atoms with E-state index in [-0.39, 0.29) is 36.9 Å². The van der Waals surface area contributed by atoms with E-state index >= 15 is 0 Å². The van der Waals surface area contributed by atoms with Gasteiger partial charge in [-0.2, -0.15) is 0 Å². The number of Topliss-reactive ketones (excluding diaryl/α,β-unsaturated/α-hetero) is 2. The Labute approximate surface area is 302 Å². The quantitative estimate of drug-likeness (QED) is 0.0423. The first-order valence-corrected chi connectivity index (χ1v) is 17.5. The molecule has 0 aromatic carbocycles. The first-order valence-electron chi connectivity index (χ1n) is 17.5. The molecule has 0 heterocycles. The van der Waals surface area contributed by atoms with E-state index in [0.717, 1.165) is 0 Å². The van der Waals surface area contributed by atoms with Crippen LogP contribution in [0.1, 0.15) is 107 Å². The van der Waals surface area contributed by atoms with Gasteiger partial charge in [-0.05, 0) is 99.5 Å². The highest BCUT2D eigenvalue weighted by atomic mass is 16.3. The largest absolute Gasteiger partial charge is 0.391 e. The second-order valence-corrected chi connectivity index (χ2v) is 14.1. The molecule has 11 N–H and O–H groups in total. The van der Waals surface area contributed by atoms with Gasteiger partial charge in [0.25, 0.3) is 0 Å². The molecule has 16 nitrogen and oxygen atoms in total. The highest BCUT2D eigenvalue weighted by molar-refractivity contribution is 5.96. The molecule has 0 aliphatic rings. The summed E-state index contributed by atoms with van der Waals surface area (Å²) in [7, 11) is 1.66. The first-order chi connectivity index (χ1) is 23.5. The Kier molecular flexibility index (Phi) is 20.6. The van der Waals surface area contributed by atoms with Crippen molar-refractivity contribution in [1.82, 2.24) is 26.6 Å². The Hall–Kier alpha value is -3.73. The van der Waals surface area contributed by atoms with Crippen molar-refractivity contribution < 1.29 is 43.8 Å². The van der Waals surface area contributed by atoms with Gasteiger partial charge < -0.3 is 48.3 Å². The van der Waals surface area contributed by atoms with E-state index in [1.54, 1.807) is 34.7 Å². The Balaban J connectivity index is 5.23. The third-order valence-corrected chi connectivity index (χ3v) is 9.08. The summed E-state index contributed by atoms with van der Waals surface area (Å²) in [6.07, 6.45) is 4.44. The highest BCUT2D eigenvalue weighted by Gasteiger charge is 2.37. The fourth-order valence-corrected chi connectivity index (χ4v) is 5.10. The molecule has 8 atom stereocenters. The normalized spacial score (nSPS) is 17.5. The average Bonchev–Trinajstić information content (AvgIpc) is 3.03. The third-order valence-electron chi connectivity index (χ3n) is 9.08. The fraction of sp³-hybridized carbons (Fsp3) is 0.743. The van der Waals surface area contributed by atoms with E-state index in [4.69, 9.17) is 11.5 Å². The van der Waals surface area contributed by atoms with Crippen molar-refractivity contribution in [3.8, 4) is 0 Å². The number of primary amides is 1. The number of nitrogens with one attached hydrogen (secondary N) is 5. The zero-order valence-electron chi connectivity index (χ0n) is 31.8. The Morgan fingerprint density at radius 3 is 1.69 bits per heavy atom. The van der Waals surface area contributed by atoms with Gasteiger partial charge in [0.15, 0.2) is 11.6 Å². The van der Waals surface area contributed by atoms with E-state index in [9.17, 15) is 43.8 Å². The first kappa shape index (κ1) is 47.3. The minimum absolute atomic E-state index is 0.121. The number of carbonyl (C=O) groups excluding carboxylic acids is 7. The van der Waals surface area contributed by atoms with Gasteiger partial charge in [-0.25, -0.2) is 0 Å². The van der Waals surface area contributed by atoms with E-state index in [1.165, 1.54) is 27.7 Å². The van der Waals surface area contributed by atoms with Crippen molar-refractivity contribution >= 4 is 41.1 Å². The summed E-state index contributed by atoms with van der Waals surface area (Å²) < 4.78 is 0. The molecule has 0 radical (unpaired) electrons. The van der Waals surface area contributed by atoms with Crippen molar-refractivity contribution in [3.63, 3.8) is 0 Å². The maximum atomic E-state index is 13.3. The molecule has 0 spiro atoms. The molecule has 0 saturated carbocycles. The zero-order chi connectivity index (χ0) is 39.7. The van der Waals surface area contributed by atoms with Crippen LogP contribution in [0.25, 0.3) is 0 Å². The fourth-order valence-electron chi connectivity index (χ4n) is 5.10. The van der Waals surface area contributed by atoms with Crippen LogP contribution < -0.4 is 38.1 Å².